The Bertz CT molecular complexity index is 340. The smallest absolute Gasteiger partial charge is 0.0406 e. The third kappa shape index (κ3) is 3.99. The van der Waals surface area contributed by atoms with Gasteiger partial charge in [-0.3, -0.25) is 0 Å². The molecule has 0 aromatic heterocycles. The van der Waals surface area contributed by atoms with E-state index in [1.807, 2.05) is 12.1 Å². The molecule has 0 saturated heterocycles. The first kappa shape index (κ1) is 13.3. The number of benzene rings is 1. The summed E-state index contributed by atoms with van der Waals surface area (Å²) < 4.78 is 0. The van der Waals surface area contributed by atoms with E-state index in [2.05, 4.69) is 44.8 Å². The van der Waals surface area contributed by atoms with Gasteiger partial charge in [-0.25, -0.2) is 0 Å². The SMILES string of the molecule is C=C(C)C(CNC(C)C)c1ccc(Cl)cc1. The second-order valence-electron chi connectivity index (χ2n) is 4.51. The van der Waals surface area contributed by atoms with Gasteiger partial charge in [0.15, 0.2) is 0 Å². The average Bonchev–Trinajstić information content (AvgIpc) is 2.20. The second kappa shape index (κ2) is 6.07. The molecule has 1 aromatic carbocycles. The minimum atomic E-state index is 0.361. The van der Waals surface area contributed by atoms with Gasteiger partial charge in [0.25, 0.3) is 0 Å². The summed E-state index contributed by atoms with van der Waals surface area (Å²) in [6.45, 7) is 11.4. The molecule has 0 saturated carbocycles. The number of hydrogen-bond acceptors (Lipinski definition) is 1. The lowest BCUT2D eigenvalue weighted by Crippen LogP contribution is -2.28. The van der Waals surface area contributed by atoms with Crippen LogP contribution in [0.25, 0.3) is 0 Å². The van der Waals surface area contributed by atoms with Gasteiger partial charge in [-0.2, -0.15) is 0 Å². The predicted octanol–water partition coefficient (Wildman–Crippen LogP) is 4.00. The molecule has 88 valence electrons. The van der Waals surface area contributed by atoms with Gasteiger partial charge in [0, 0.05) is 23.5 Å². The third-order valence-electron chi connectivity index (χ3n) is 2.60. The van der Waals surface area contributed by atoms with Crippen LogP contribution in [0.15, 0.2) is 36.4 Å². The van der Waals surface area contributed by atoms with Crippen LogP contribution in [-0.4, -0.2) is 12.6 Å². The minimum Gasteiger partial charge on any atom is -0.314 e. The summed E-state index contributed by atoms with van der Waals surface area (Å²) in [4.78, 5) is 0. The van der Waals surface area contributed by atoms with Crippen molar-refractivity contribution in [2.45, 2.75) is 32.7 Å². The molecule has 1 atom stereocenters. The highest BCUT2D eigenvalue weighted by Gasteiger charge is 2.12. The van der Waals surface area contributed by atoms with Gasteiger partial charge in [-0.05, 0) is 24.6 Å². The highest BCUT2D eigenvalue weighted by molar-refractivity contribution is 6.30. The van der Waals surface area contributed by atoms with Crippen LogP contribution < -0.4 is 5.32 Å². The lowest BCUT2D eigenvalue weighted by Gasteiger charge is -2.20. The highest BCUT2D eigenvalue weighted by Crippen LogP contribution is 2.23. The van der Waals surface area contributed by atoms with Crippen LogP contribution in [0.5, 0.6) is 0 Å². The molecule has 1 aromatic rings. The third-order valence-corrected chi connectivity index (χ3v) is 2.85. The Labute approximate surface area is 104 Å². The van der Waals surface area contributed by atoms with Crippen LogP contribution in [-0.2, 0) is 0 Å². The van der Waals surface area contributed by atoms with E-state index in [0.717, 1.165) is 11.6 Å². The quantitative estimate of drug-likeness (QED) is 0.764. The zero-order valence-electron chi connectivity index (χ0n) is 10.3. The van der Waals surface area contributed by atoms with E-state index in [9.17, 15) is 0 Å². The van der Waals surface area contributed by atoms with E-state index in [4.69, 9.17) is 11.6 Å². The number of nitrogens with one attached hydrogen (secondary N) is 1. The molecule has 1 unspecified atom stereocenters. The van der Waals surface area contributed by atoms with Crippen LogP contribution in [0.1, 0.15) is 32.3 Å². The van der Waals surface area contributed by atoms with E-state index >= 15 is 0 Å². The van der Waals surface area contributed by atoms with Crippen LogP contribution >= 0.6 is 11.6 Å². The van der Waals surface area contributed by atoms with Gasteiger partial charge in [-0.1, -0.05) is 49.7 Å². The topological polar surface area (TPSA) is 12.0 Å². The van der Waals surface area contributed by atoms with Gasteiger partial charge in [0.1, 0.15) is 0 Å². The molecule has 0 aliphatic carbocycles. The molecule has 0 heterocycles. The zero-order valence-corrected chi connectivity index (χ0v) is 11.0. The Balaban J connectivity index is 2.77. The van der Waals surface area contributed by atoms with Crippen LogP contribution in [0.4, 0.5) is 0 Å². The lowest BCUT2D eigenvalue weighted by molar-refractivity contribution is 0.558. The van der Waals surface area contributed by atoms with E-state index in [1.165, 1.54) is 11.1 Å². The maximum absolute atomic E-state index is 5.89. The highest BCUT2D eigenvalue weighted by atomic mass is 35.5. The summed E-state index contributed by atoms with van der Waals surface area (Å²) in [6, 6.07) is 8.51. The Morgan fingerprint density at radius 3 is 2.31 bits per heavy atom. The van der Waals surface area contributed by atoms with Gasteiger partial charge < -0.3 is 5.32 Å². The van der Waals surface area contributed by atoms with E-state index < -0.39 is 0 Å². The molecular weight excluding hydrogens is 218 g/mol. The maximum atomic E-state index is 5.89. The Morgan fingerprint density at radius 1 is 1.31 bits per heavy atom. The first-order valence-corrected chi connectivity index (χ1v) is 6.02. The van der Waals surface area contributed by atoms with Crippen LogP contribution in [0.3, 0.4) is 0 Å². The summed E-state index contributed by atoms with van der Waals surface area (Å²) in [5.41, 5.74) is 2.44. The number of halogens is 1. The summed E-state index contributed by atoms with van der Waals surface area (Å²) >= 11 is 5.89. The standard InChI is InChI=1S/C14H20ClN/c1-10(2)14(9-16-11(3)4)12-5-7-13(15)8-6-12/h5-8,11,14,16H,1,9H2,2-4H3. The monoisotopic (exact) mass is 237 g/mol. The van der Waals surface area contributed by atoms with Crippen molar-refractivity contribution in [3.63, 3.8) is 0 Å². The second-order valence-corrected chi connectivity index (χ2v) is 4.95. The van der Waals surface area contributed by atoms with Crippen molar-refractivity contribution in [3.05, 3.63) is 47.0 Å². The Hall–Kier alpha value is -0.790. The summed E-state index contributed by atoms with van der Waals surface area (Å²) in [5, 5.41) is 4.22. The maximum Gasteiger partial charge on any atom is 0.0406 e. The van der Waals surface area contributed by atoms with E-state index in [0.29, 0.717) is 12.0 Å². The summed E-state index contributed by atoms with van der Waals surface area (Å²) in [7, 11) is 0. The molecule has 1 nitrogen and oxygen atoms in total. The van der Waals surface area contributed by atoms with Crippen molar-refractivity contribution in [2.75, 3.05) is 6.54 Å². The lowest BCUT2D eigenvalue weighted by atomic mass is 9.93. The summed E-state index contributed by atoms with van der Waals surface area (Å²) in [6.07, 6.45) is 0. The van der Waals surface area contributed by atoms with Crippen molar-refractivity contribution in [1.82, 2.24) is 5.32 Å². The normalized spacial score (nSPS) is 12.8. The molecule has 2 heteroatoms. The van der Waals surface area contributed by atoms with Crippen LogP contribution in [0.2, 0.25) is 5.02 Å². The van der Waals surface area contributed by atoms with Crippen molar-refractivity contribution in [3.8, 4) is 0 Å². The molecule has 0 bridgehead atoms. The van der Waals surface area contributed by atoms with Crippen molar-refractivity contribution in [1.29, 1.82) is 0 Å². The van der Waals surface area contributed by atoms with Crippen molar-refractivity contribution >= 4 is 11.6 Å². The van der Waals surface area contributed by atoms with E-state index in [-0.39, 0.29) is 0 Å². The van der Waals surface area contributed by atoms with E-state index in [1.54, 1.807) is 0 Å². The molecule has 1 N–H and O–H groups in total. The van der Waals surface area contributed by atoms with Crippen molar-refractivity contribution < 1.29 is 0 Å². The first-order chi connectivity index (χ1) is 7.50. The van der Waals surface area contributed by atoms with Crippen LogP contribution in [0, 0.1) is 0 Å². The fraction of sp³-hybridized carbons (Fsp3) is 0.429. The van der Waals surface area contributed by atoms with Crippen molar-refractivity contribution in [2.24, 2.45) is 0 Å². The first-order valence-electron chi connectivity index (χ1n) is 5.65. The molecule has 1 rings (SSSR count). The Kier molecular flexibility index (Phi) is 5.04. The Morgan fingerprint density at radius 2 is 1.88 bits per heavy atom. The number of rotatable bonds is 5. The van der Waals surface area contributed by atoms with Gasteiger partial charge in [-0.15, -0.1) is 0 Å². The zero-order chi connectivity index (χ0) is 12.1. The largest absolute Gasteiger partial charge is 0.314 e. The molecule has 0 fully saturated rings. The molecule has 0 aliphatic rings. The fourth-order valence-corrected chi connectivity index (χ4v) is 1.75. The molecule has 16 heavy (non-hydrogen) atoms. The predicted molar refractivity (Wildman–Crippen MR) is 72.1 cm³/mol. The van der Waals surface area contributed by atoms with Gasteiger partial charge in [0.05, 0.1) is 0 Å². The molecule has 0 radical (unpaired) electrons. The molecular formula is C14H20ClN. The minimum absolute atomic E-state index is 0.361. The number of hydrogen-bond donors (Lipinski definition) is 1. The fourth-order valence-electron chi connectivity index (χ4n) is 1.63. The molecule has 0 aliphatic heterocycles. The van der Waals surface area contributed by atoms with Gasteiger partial charge >= 0.3 is 0 Å². The average molecular weight is 238 g/mol. The molecule has 0 spiro atoms. The molecule has 0 amide bonds. The summed E-state index contributed by atoms with van der Waals surface area (Å²) in [5.74, 6) is 0.361. The van der Waals surface area contributed by atoms with Gasteiger partial charge in [0.2, 0.25) is 0 Å².